The maximum Gasteiger partial charge on any atom is 0.242 e. The van der Waals surface area contributed by atoms with Gasteiger partial charge in [0.15, 0.2) is 17.5 Å². The van der Waals surface area contributed by atoms with Gasteiger partial charge in [0.1, 0.15) is 0 Å². The molecule has 31 heavy (non-hydrogen) atoms. The number of nitrogens with zero attached hydrogens (tertiary/aromatic N) is 3. The van der Waals surface area contributed by atoms with Crippen molar-refractivity contribution in [1.82, 2.24) is 10.2 Å². The Balaban J connectivity index is 0.00000341. The molecule has 9 heteroatoms. The molecule has 0 bridgehead atoms. The number of carbonyl (C=O) groups excluding carboxylic acids is 1. The second-order valence-corrected chi connectivity index (χ2v) is 6.82. The van der Waals surface area contributed by atoms with Crippen LogP contribution in [0.15, 0.2) is 53.5 Å². The van der Waals surface area contributed by atoms with Crippen LogP contribution in [0.3, 0.4) is 0 Å². The highest BCUT2D eigenvalue weighted by Gasteiger charge is 2.21. The Morgan fingerprint density at radius 1 is 1.00 bits per heavy atom. The van der Waals surface area contributed by atoms with Gasteiger partial charge in [-0.05, 0) is 24.3 Å². The van der Waals surface area contributed by atoms with E-state index < -0.39 is 0 Å². The lowest BCUT2D eigenvalue weighted by Crippen LogP contribution is -2.51. The zero-order valence-corrected chi connectivity index (χ0v) is 20.5. The number of amides is 1. The molecule has 1 saturated heterocycles. The molecule has 2 aromatic carbocycles. The van der Waals surface area contributed by atoms with E-state index in [1.54, 1.807) is 21.3 Å². The smallest absolute Gasteiger partial charge is 0.242 e. The predicted octanol–water partition coefficient (Wildman–Crippen LogP) is 2.66. The summed E-state index contributed by atoms with van der Waals surface area (Å²) < 4.78 is 10.6. The molecule has 0 unspecified atom stereocenters. The minimum absolute atomic E-state index is 0. The number of benzene rings is 2. The van der Waals surface area contributed by atoms with Gasteiger partial charge in [0.2, 0.25) is 5.91 Å². The Morgan fingerprint density at radius 3 is 2.29 bits per heavy atom. The van der Waals surface area contributed by atoms with Crippen molar-refractivity contribution in [1.29, 1.82) is 0 Å². The van der Waals surface area contributed by atoms with E-state index in [1.807, 2.05) is 41.3 Å². The average Bonchev–Trinajstić information content (AvgIpc) is 2.82. The summed E-state index contributed by atoms with van der Waals surface area (Å²) in [6.07, 6.45) is 0. The molecule has 2 N–H and O–H groups in total. The molecule has 0 spiro atoms. The summed E-state index contributed by atoms with van der Waals surface area (Å²) in [7, 11) is 4.85. The van der Waals surface area contributed by atoms with E-state index in [9.17, 15) is 4.79 Å². The molecular formula is C22H30IN5O3. The molecule has 1 amide bonds. The normalized spacial score (nSPS) is 13.8. The average molecular weight is 539 g/mol. The van der Waals surface area contributed by atoms with Gasteiger partial charge in [0.05, 0.1) is 20.8 Å². The third kappa shape index (κ3) is 6.65. The zero-order chi connectivity index (χ0) is 21.3. The number of halogens is 1. The fraction of sp³-hybridized carbons (Fsp3) is 0.364. The monoisotopic (exact) mass is 539 g/mol. The predicted molar refractivity (Wildman–Crippen MR) is 135 cm³/mol. The SMILES string of the molecule is CN=C(NCC(=O)N1CCN(c2ccccc2)CC1)Nc1ccc(OC)c(OC)c1.I. The van der Waals surface area contributed by atoms with Gasteiger partial charge in [-0.15, -0.1) is 24.0 Å². The molecule has 1 fully saturated rings. The Labute approximate surface area is 200 Å². The highest BCUT2D eigenvalue weighted by molar-refractivity contribution is 14.0. The summed E-state index contributed by atoms with van der Waals surface area (Å²) in [6.45, 7) is 3.25. The lowest BCUT2D eigenvalue weighted by atomic mass is 10.2. The Bertz CT molecular complexity index is 871. The van der Waals surface area contributed by atoms with E-state index in [-0.39, 0.29) is 36.4 Å². The largest absolute Gasteiger partial charge is 0.493 e. The molecule has 1 heterocycles. The highest BCUT2D eigenvalue weighted by Crippen LogP contribution is 2.29. The van der Waals surface area contributed by atoms with Crippen LogP contribution in [-0.4, -0.2) is 70.8 Å². The first-order chi connectivity index (χ1) is 14.6. The van der Waals surface area contributed by atoms with Crippen LogP contribution in [0.5, 0.6) is 11.5 Å². The van der Waals surface area contributed by atoms with Gasteiger partial charge in [0, 0.05) is 50.7 Å². The number of carbonyl (C=O) groups is 1. The van der Waals surface area contributed by atoms with E-state index in [1.165, 1.54) is 5.69 Å². The Morgan fingerprint density at radius 2 is 1.68 bits per heavy atom. The van der Waals surface area contributed by atoms with E-state index in [0.717, 1.165) is 18.8 Å². The van der Waals surface area contributed by atoms with Crippen molar-refractivity contribution in [3.8, 4) is 11.5 Å². The molecule has 0 saturated carbocycles. The summed E-state index contributed by atoms with van der Waals surface area (Å²) >= 11 is 0. The van der Waals surface area contributed by atoms with Crippen LogP contribution in [0.25, 0.3) is 0 Å². The van der Waals surface area contributed by atoms with Crippen molar-refractivity contribution in [2.45, 2.75) is 0 Å². The quantitative estimate of drug-likeness (QED) is 0.334. The van der Waals surface area contributed by atoms with Crippen LogP contribution in [0, 0.1) is 0 Å². The van der Waals surface area contributed by atoms with Gasteiger partial charge < -0.3 is 29.9 Å². The first kappa shape index (κ1) is 24.6. The molecule has 1 aliphatic rings. The van der Waals surface area contributed by atoms with Gasteiger partial charge in [-0.1, -0.05) is 18.2 Å². The van der Waals surface area contributed by atoms with Crippen molar-refractivity contribution in [3.63, 3.8) is 0 Å². The van der Waals surface area contributed by atoms with Crippen LogP contribution in [-0.2, 0) is 4.79 Å². The first-order valence-electron chi connectivity index (χ1n) is 9.92. The summed E-state index contributed by atoms with van der Waals surface area (Å²) in [5, 5.41) is 6.25. The van der Waals surface area contributed by atoms with Crippen LogP contribution < -0.4 is 25.0 Å². The van der Waals surface area contributed by atoms with Crippen molar-refractivity contribution in [3.05, 3.63) is 48.5 Å². The molecule has 2 aromatic rings. The van der Waals surface area contributed by atoms with Gasteiger partial charge >= 0.3 is 0 Å². The fourth-order valence-corrected chi connectivity index (χ4v) is 3.35. The van der Waals surface area contributed by atoms with Gasteiger partial charge in [-0.2, -0.15) is 0 Å². The van der Waals surface area contributed by atoms with E-state index in [0.29, 0.717) is 30.5 Å². The zero-order valence-electron chi connectivity index (χ0n) is 18.1. The number of rotatable bonds is 6. The van der Waals surface area contributed by atoms with Crippen molar-refractivity contribution < 1.29 is 14.3 Å². The summed E-state index contributed by atoms with van der Waals surface area (Å²) in [5.74, 6) is 1.83. The van der Waals surface area contributed by atoms with E-state index in [2.05, 4.69) is 32.7 Å². The van der Waals surface area contributed by atoms with Crippen LogP contribution in [0.1, 0.15) is 0 Å². The maximum atomic E-state index is 12.6. The third-order valence-electron chi connectivity index (χ3n) is 5.03. The number of aliphatic imine (C=N–C) groups is 1. The fourth-order valence-electron chi connectivity index (χ4n) is 3.35. The maximum absolute atomic E-state index is 12.6. The number of para-hydroxylation sites is 1. The van der Waals surface area contributed by atoms with E-state index >= 15 is 0 Å². The molecule has 0 atom stereocenters. The number of methoxy groups -OCH3 is 2. The first-order valence-corrected chi connectivity index (χ1v) is 9.92. The molecule has 8 nitrogen and oxygen atoms in total. The van der Waals surface area contributed by atoms with Crippen LogP contribution in [0.2, 0.25) is 0 Å². The highest BCUT2D eigenvalue weighted by atomic mass is 127. The van der Waals surface area contributed by atoms with Gasteiger partial charge in [0.25, 0.3) is 0 Å². The molecule has 0 aromatic heterocycles. The number of piperazine rings is 1. The second-order valence-electron chi connectivity index (χ2n) is 6.82. The van der Waals surface area contributed by atoms with Crippen molar-refractivity contribution >= 4 is 47.2 Å². The van der Waals surface area contributed by atoms with Gasteiger partial charge in [-0.3, -0.25) is 9.79 Å². The van der Waals surface area contributed by atoms with E-state index in [4.69, 9.17) is 9.47 Å². The molecule has 3 rings (SSSR count). The second kappa shape index (κ2) is 12.2. The number of nitrogens with one attached hydrogen (secondary N) is 2. The van der Waals surface area contributed by atoms with Crippen molar-refractivity contribution in [2.24, 2.45) is 4.99 Å². The molecule has 0 aliphatic carbocycles. The summed E-state index contributed by atoms with van der Waals surface area (Å²) in [6, 6.07) is 15.8. The minimum atomic E-state index is 0. The number of hydrogen-bond donors (Lipinski definition) is 2. The third-order valence-corrected chi connectivity index (χ3v) is 5.03. The van der Waals surface area contributed by atoms with Crippen LogP contribution >= 0.6 is 24.0 Å². The summed E-state index contributed by atoms with van der Waals surface area (Å²) in [5.41, 5.74) is 1.98. The number of anilines is 2. The number of ether oxygens (including phenoxy) is 2. The Kier molecular flexibility index (Phi) is 9.70. The number of hydrogen-bond acceptors (Lipinski definition) is 5. The van der Waals surface area contributed by atoms with Crippen molar-refractivity contribution in [2.75, 3.05) is 64.2 Å². The minimum Gasteiger partial charge on any atom is -0.493 e. The topological polar surface area (TPSA) is 78.4 Å². The Hall–Kier alpha value is -2.69. The molecule has 1 aliphatic heterocycles. The standard InChI is InChI=1S/C22H29N5O3.HI/c1-23-22(25-17-9-10-19(29-2)20(15-17)30-3)24-16-21(28)27-13-11-26(12-14-27)18-7-5-4-6-8-18;/h4-10,15H,11-14,16H2,1-3H3,(H2,23,24,25);1H. The lowest BCUT2D eigenvalue weighted by molar-refractivity contribution is -0.130. The molecular weight excluding hydrogens is 509 g/mol. The molecule has 168 valence electrons. The van der Waals surface area contributed by atoms with Gasteiger partial charge in [-0.25, -0.2) is 0 Å². The molecule has 0 radical (unpaired) electrons. The lowest BCUT2D eigenvalue weighted by Gasteiger charge is -2.36. The summed E-state index contributed by atoms with van der Waals surface area (Å²) in [4.78, 5) is 21.0. The van der Waals surface area contributed by atoms with Crippen LogP contribution in [0.4, 0.5) is 11.4 Å². The number of guanidine groups is 1.